The lowest BCUT2D eigenvalue weighted by atomic mass is 10.3. The van der Waals surface area contributed by atoms with Crippen LogP contribution in [0.5, 0.6) is 11.5 Å². The first-order valence-corrected chi connectivity index (χ1v) is 7.57. The van der Waals surface area contributed by atoms with E-state index in [-0.39, 0.29) is 6.61 Å². The first-order chi connectivity index (χ1) is 10.7. The van der Waals surface area contributed by atoms with Gasteiger partial charge in [-0.3, -0.25) is 0 Å². The summed E-state index contributed by atoms with van der Waals surface area (Å²) in [5, 5.41) is 13.6. The van der Waals surface area contributed by atoms with E-state index in [4.69, 9.17) is 21.1 Å². The highest BCUT2D eigenvalue weighted by Gasteiger charge is 2.04. The number of aliphatic hydroxyl groups excluding tert-OH is 1. The first-order valence-electron chi connectivity index (χ1n) is 7.19. The molecule has 0 bridgehead atoms. The molecule has 2 aromatic carbocycles. The molecule has 0 saturated carbocycles. The third-order valence-electron chi connectivity index (χ3n) is 2.93. The molecule has 0 spiro atoms. The predicted octanol–water partition coefficient (Wildman–Crippen LogP) is 2.75. The summed E-state index contributed by atoms with van der Waals surface area (Å²) in [7, 11) is 0. The average Bonchev–Trinajstić information content (AvgIpc) is 2.55. The lowest BCUT2D eigenvalue weighted by Crippen LogP contribution is -2.33. The van der Waals surface area contributed by atoms with Gasteiger partial charge < -0.3 is 19.9 Å². The van der Waals surface area contributed by atoms with Crippen LogP contribution in [-0.2, 0) is 0 Å². The van der Waals surface area contributed by atoms with Gasteiger partial charge in [-0.15, -0.1) is 0 Å². The topological polar surface area (TPSA) is 50.7 Å². The molecular weight excluding hydrogens is 302 g/mol. The molecule has 0 radical (unpaired) electrons. The van der Waals surface area contributed by atoms with E-state index < -0.39 is 6.10 Å². The second-order valence-electron chi connectivity index (χ2n) is 4.78. The fourth-order valence-electron chi connectivity index (χ4n) is 1.81. The highest BCUT2D eigenvalue weighted by Crippen LogP contribution is 2.15. The van der Waals surface area contributed by atoms with Crippen LogP contribution < -0.4 is 14.8 Å². The van der Waals surface area contributed by atoms with Crippen LogP contribution >= 0.6 is 11.6 Å². The first kappa shape index (κ1) is 16.6. The van der Waals surface area contributed by atoms with E-state index >= 15 is 0 Å². The highest BCUT2D eigenvalue weighted by atomic mass is 35.5. The Morgan fingerprint density at radius 2 is 1.64 bits per heavy atom. The molecule has 1 atom stereocenters. The number of hydrogen-bond donors (Lipinski definition) is 2. The van der Waals surface area contributed by atoms with Crippen LogP contribution in [-0.4, -0.2) is 37.5 Å². The molecule has 0 aliphatic carbocycles. The van der Waals surface area contributed by atoms with Gasteiger partial charge in [-0.05, 0) is 36.4 Å². The second-order valence-corrected chi connectivity index (χ2v) is 5.22. The molecule has 0 aromatic heterocycles. The maximum Gasteiger partial charge on any atom is 0.119 e. The molecule has 2 N–H and O–H groups in total. The molecule has 118 valence electrons. The van der Waals surface area contributed by atoms with Crippen molar-refractivity contribution in [2.24, 2.45) is 0 Å². The molecule has 0 heterocycles. The third kappa shape index (κ3) is 6.35. The molecule has 0 amide bonds. The van der Waals surface area contributed by atoms with Gasteiger partial charge in [0, 0.05) is 18.1 Å². The smallest absolute Gasteiger partial charge is 0.119 e. The number of para-hydroxylation sites is 1. The van der Waals surface area contributed by atoms with Crippen LogP contribution in [0.15, 0.2) is 54.6 Å². The lowest BCUT2D eigenvalue weighted by molar-refractivity contribution is 0.105. The Kier molecular flexibility index (Phi) is 7.03. The SMILES string of the molecule is O[C@@H](CNCCOc1ccc(Cl)cc1)COc1ccccc1. The van der Waals surface area contributed by atoms with E-state index in [0.29, 0.717) is 24.7 Å². The predicted molar refractivity (Wildman–Crippen MR) is 87.8 cm³/mol. The Labute approximate surface area is 135 Å². The van der Waals surface area contributed by atoms with Gasteiger partial charge in [0.05, 0.1) is 0 Å². The maximum atomic E-state index is 9.81. The van der Waals surface area contributed by atoms with Crippen molar-refractivity contribution in [2.75, 3.05) is 26.3 Å². The summed E-state index contributed by atoms with van der Waals surface area (Å²) < 4.78 is 11.0. The number of halogens is 1. The minimum Gasteiger partial charge on any atom is -0.492 e. The summed E-state index contributed by atoms with van der Waals surface area (Å²) in [4.78, 5) is 0. The zero-order valence-electron chi connectivity index (χ0n) is 12.2. The molecule has 2 rings (SSSR count). The zero-order valence-corrected chi connectivity index (χ0v) is 13.0. The fourth-order valence-corrected chi connectivity index (χ4v) is 1.93. The summed E-state index contributed by atoms with van der Waals surface area (Å²) in [6.45, 7) is 1.88. The van der Waals surface area contributed by atoms with Crippen LogP contribution in [0.2, 0.25) is 5.02 Å². The fraction of sp³-hybridized carbons (Fsp3) is 0.294. The van der Waals surface area contributed by atoms with Crippen LogP contribution in [0.25, 0.3) is 0 Å². The summed E-state index contributed by atoms with van der Waals surface area (Å²) in [6.07, 6.45) is -0.560. The zero-order chi connectivity index (χ0) is 15.6. The van der Waals surface area contributed by atoms with Gasteiger partial charge in [-0.25, -0.2) is 0 Å². The Balaban J connectivity index is 1.53. The van der Waals surface area contributed by atoms with E-state index in [1.54, 1.807) is 12.1 Å². The molecule has 0 saturated heterocycles. The van der Waals surface area contributed by atoms with E-state index in [2.05, 4.69) is 5.32 Å². The molecule has 2 aromatic rings. The van der Waals surface area contributed by atoms with Crippen molar-refractivity contribution in [1.29, 1.82) is 0 Å². The number of hydrogen-bond acceptors (Lipinski definition) is 4. The number of ether oxygens (including phenoxy) is 2. The number of aliphatic hydroxyl groups is 1. The second kappa shape index (κ2) is 9.30. The van der Waals surface area contributed by atoms with Crippen molar-refractivity contribution < 1.29 is 14.6 Å². The van der Waals surface area contributed by atoms with Crippen LogP contribution in [0, 0.1) is 0 Å². The standard InChI is InChI=1S/C17H20ClNO3/c18-14-6-8-17(9-7-14)21-11-10-19-12-15(20)13-22-16-4-2-1-3-5-16/h1-9,15,19-20H,10-13H2/t15-/m0/s1. The summed E-state index contributed by atoms with van der Waals surface area (Å²) in [5.74, 6) is 1.53. The van der Waals surface area contributed by atoms with Gasteiger partial charge in [0.1, 0.15) is 30.8 Å². The van der Waals surface area contributed by atoms with Crippen LogP contribution in [0.3, 0.4) is 0 Å². The van der Waals surface area contributed by atoms with E-state index in [0.717, 1.165) is 11.5 Å². The Morgan fingerprint density at radius 1 is 0.955 bits per heavy atom. The lowest BCUT2D eigenvalue weighted by Gasteiger charge is -2.13. The minimum atomic E-state index is -0.560. The van der Waals surface area contributed by atoms with Crippen molar-refractivity contribution in [3.8, 4) is 11.5 Å². The molecule has 5 heteroatoms. The Morgan fingerprint density at radius 3 is 2.36 bits per heavy atom. The van der Waals surface area contributed by atoms with Gasteiger partial charge in [0.15, 0.2) is 0 Å². The van der Waals surface area contributed by atoms with Crippen LogP contribution in [0.4, 0.5) is 0 Å². The monoisotopic (exact) mass is 321 g/mol. The van der Waals surface area contributed by atoms with Gasteiger partial charge in [-0.1, -0.05) is 29.8 Å². The summed E-state index contributed by atoms with van der Waals surface area (Å²) in [6, 6.07) is 16.7. The molecule has 22 heavy (non-hydrogen) atoms. The Hall–Kier alpha value is -1.75. The van der Waals surface area contributed by atoms with Gasteiger partial charge in [-0.2, -0.15) is 0 Å². The molecule has 4 nitrogen and oxygen atoms in total. The number of nitrogens with one attached hydrogen (secondary N) is 1. The normalized spacial score (nSPS) is 11.9. The molecular formula is C17H20ClNO3. The summed E-state index contributed by atoms with van der Waals surface area (Å²) >= 11 is 5.80. The van der Waals surface area contributed by atoms with E-state index in [1.807, 2.05) is 42.5 Å². The summed E-state index contributed by atoms with van der Waals surface area (Å²) in [5.41, 5.74) is 0. The van der Waals surface area contributed by atoms with Gasteiger partial charge in [0.2, 0.25) is 0 Å². The van der Waals surface area contributed by atoms with Gasteiger partial charge >= 0.3 is 0 Å². The van der Waals surface area contributed by atoms with Crippen molar-refractivity contribution in [3.63, 3.8) is 0 Å². The minimum absolute atomic E-state index is 0.259. The molecule has 0 aliphatic heterocycles. The van der Waals surface area contributed by atoms with Crippen molar-refractivity contribution >= 4 is 11.6 Å². The van der Waals surface area contributed by atoms with E-state index in [9.17, 15) is 5.11 Å². The molecule has 0 unspecified atom stereocenters. The molecule has 0 aliphatic rings. The number of benzene rings is 2. The van der Waals surface area contributed by atoms with Crippen molar-refractivity contribution in [1.82, 2.24) is 5.32 Å². The quantitative estimate of drug-likeness (QED) is 0.697. The van der Waals surface area contributed by atoms with Crippen molar-refractivity contribution in [3.05, 3.63) is 59.6 Å². The highest BCUT2D eigenvalue weighted by molar-refractivity contribution is 6.30. The van der Waals surface area contributed by atoms with Crippen LogP contribution in [0.1, 0.15) is 0 Å². The van der Waals surface area contributed by atoms with E-state index in [1.165, 1.54) is 0 Å². The molecule has 0 fully saturated rings. The average molecular weight is 322 g/mol. The largest absolute Gasteiger partial charge is 0.492 e. The Bertz CT molecular complexity index is 533. The van der Waals surface area contributed by atoms with Gasteiger partial charge in [0.25, 0.3) is 0 Å². The maximum absolute atomic E-state index is 9.81. The third-order valence-corrected chi connectivity index (χ3v) is 3.18. The number of rotatable bonds is 9. The van der Waals surface area contributed by atoms with Crippen molar-refractivity contribution in [2.45, 2.75) is 6.10 Å².